The zero-order chi connectivity index (χ0) is 13.4. The summed E-state index contributed by atoms with van der Waals surface area (Å²) >= 11 is 1.48. The third kappa shape index (κ3) is 2.13. The number of hydrogen-bond donors (Lipinski definition) is 1. The van der Waals surface area contributed by atoms with Crippen LogP contribution in [-0.4, -0.2) is 15.9 Å². The summed E-state index contributed by atoms with van der Waals surface area (Å²) in [6, 6.07) is 3.50. The number of halogens is 2. The predicted octanol–water partition coefficient (Wildman–Crippen LogP) is 2.84. The monoisotopic (exact) mass is 279 g/mol. The van der Waals surface area contributed by atoms with Gasteiger partial charge >= 0.3 is 0 Å². The number of fused-ring (bicyclic) bond motifs is 1. The summed E-state index contributed by atoms with van der Waals surface area (Å²) in [6.45, 7) is 0.546. The van der Waals surface area contributed by atoms with Crippen LogP contribution in [0.15, 0.2) is 29.8 Å². The molecule has 3 rings (SSSR count). The van der Waals surface area contributed by atoms with E-state index in [0.717, 1.165) is 23.1 Å². The molecule has 2 N–H and O–H groups in total. The highest BCUT2D eigenvalue weighted by atomic mass is 32.1. The van der Waals surface area contributed by atoms with Crippen LogP contribution < -0.4 is 5.73 Å². The molecule has 0 amide bonds. The predicted molar refractivity (Wildman–Crippen MR) is 71.2 cm³/mol. The summed E-state index contributed by atoms with van der Waals surface area (Å²) < 4.78 is 28.5. The maximum atomic E-state index is 13.7. The fourth-order valence-electron chi connectivity index (χ4n) is 1.98. The molecule has 0 saturated carbocycles. The van der Waals surface area contributed by atoms with Crippen LogP contribution in [0.1, 0.15) is 5.69 Å². The van der Waals surface area contributed by atoms with Gasteiger partial charge < -0.3 is 5.73 Å². The van der Waals surface area contributed by atoms with Gasteiger partial charge in [0.05, 0.1) is 5.69 Å². The molecule has 6 heteroatoms. The second-order valence-electron chi connectivity index (χ2n) is 4.17. The van der Waals surface area contributed by atoms with Crippen LogP contribution in [-0.2, 0) is 6.42 Å². The summed E-state index contributed by atoms with van der Waals surface area (Å²) in [5.74, 6) is -1.20. The van der Waals surface area contributed by atoms with Gasteiger partial charge in [-0.1, -0.05) is 0 Å². The molecule has 98 valence electrons. The third-order valence-electron chi connectivity index (χ3n) is 2.89. The Balaban J connectivity index is 2.10. The molecule has 0 unspecified atom stereocenters. The minimum Gasteiger partial charge on any atom is -0.330 e. The average molecular weight is 279 g/mol. The van der Waals surface area contributed by atoms with Crippen molar-refractivity contribution in [2.45, 2.75) is 6.42 Å². The molecule has 0 aliphatic heterocycles. The Hall–Kier alpha value is -1.79. The SMILES string of the molecule is NCCc1csc2nc(-c3ccc(F)cc3F)cn12. The van der Waals surface area contributed by atoms with Gasteiger partial charge in [0.15, 0.2) is 4.96 Å². The standard InChI is InChI=1S/C13H11F2N3S/c14-8-1-2-10(11(15)5-8)12-6-18-9(3-4-16)7-19-13(18)17-12/h1-2,5-7H,3-4,16H2. The van der Waals surface area contributed by atoms with Gasteiger partial charge in [-0.05, 0) is 18.7 Å². The Labute approximate surface area is 112 Å². The first-order valence-corrected chi connectivity index (χ1v) is 6.68. The molecule has 3 aromatic rings. The minimum absolute atomic E-state index is 0.302. The van der Waals surface area contributed by atoms with Gasteiger partial charge in [-0.25, -0.2) is 13.8 Å². The van der Waals surface area contributed by atoms with E-state index in [4.69, 9.17) is 5.73 Å². The van der Waals surface area contributed by atoms with Crippen molar-refractivity contribution in [2.24, 2.45) is 5.73 Å². The fourth-order valence-corrected chi connectivity index (χ4v) is 2.89. The molecule has 0 bridgehead atoms. The van der Waals surface area contributed by atoms with Gasteiger partial charge in [0.2, 0.25) is 0 Å². The molecule has 1 aromatic carbocycles. The smallest absolute Gasteiger partial charge is 0.194 e. The highest BCUT2D eigenvalue weighted by Gasteiger charge is 2.12. The van der Waals surface area contributed by atoms with Crippen LogP contribution in [0.4, 0.5) is 8.78 Å². The lowest BCUT2D eigenvalue weighted by Gasteiger charge is -1.99. The van der Waals surface area contributed by atoms with E-state index in [2.05, 4.69) is 4.98 Å². The number of thiazole rings is 1. The topological polar surface area (TPSA) is 43.3 Å². The van der Waals surface area contributed by atoms with E-state index < -0.39 is 11.6 Å². The number of benzene rings is 1. The highest BCUT2D eigenvalue weighted by Crippen LogP contribution is 2.26. The van der Waals surface area contributed by atoms with Crippen molar-refractivity contribution in [3.8, 4) is 11.3 Å². The van der Waals surface area contributed by atoms with Gasteiger partial charge in [-0.15, -0.1) is 11.3 Å². The number of aromatic nitrogens is 2. The van der Waals surface area contributed by atoms with Crippen LogP contribution in [0, 0.1) is 11.6 Å². The van der Waals surface area contributed by atoms with Gasteiger partial charge in [-0.2, -0.15) is 0 Å². The van der Waals surface area contributed by atoms with Crippen molar-refractivity contribution >= 4 is 16.3 Å². The maximum Gasteiger partial charge on any atom is 0.194 e. The Morgan fingerprint density at radius 2 is 2.16 bits per heavy atom. The molecule has 0 fully saturated rings. The van der Waals surface area contributed by atoms with Gasteiger partial charge in [0, 0.05) is 35.3 Å². The maximum absolute atomic E-state index is 13.7. The van der Waals surface area contributed by atoms with Crippen LogP contribution in [0.25, 0.3) is 16.2 Å². The van der Waals surface area contributed by atoms with Gasteiger partial charge in [0.25, 0.3) is 0 Å². The van der Waals surface area contributed by atoms with Crippen LogP contribution in [0.5, 0.6) is 0 Å². The minimum atomic E-state index is -0.605. The zero-order valence-corrected chi connectivity index (χ0v) is 10.8. The van der Waals surface area contributed by atoms with Gasteiger partial charge in [0.1, 0.15) is 11.6 Å². The number of hydrogen-bond acceptors (Lipinski definition) is 3. The van der Waals surface area contributed by atoms with Crippen LogP contribution in [0.2, 0.25) is 0 Å². The Morgan fingerprint density at radius 1 is 1.32 bits per heavy atom. The number of nitrogens with zero attached hydrogens (tertiary/aromatic N) is 2. The number of rotatable bonds is 3. The van der Waals surface area contributed by atoms with E-state index >= 15 is 0 Å². The second kappa shape index (κ2) is 4.71. The van der Waals surface area contributed by atoms with Crippen LogP contribution in [0.3, 0.4) is 0 Å². The number of nitrogens with two attached hydrogens (primary N) is 1. The first-order chi connectivity index (χ1) is 9.19. The number of imidazole rings is 1. The summed E-state index contributed by atoms with van der Waals surface area (Å²) in [4.78, 5) is 5.13. The molecule has 3 nitrogen and oxygen atoms in total. The first kappa shape index (κ1) is 12.3. The van der Waals surface area contributed by atoms with Crippen molar-refractivity contribution in [3.05, 3.63) is 47.1 Å². The molecule has 0 atom stereocenters. The van der Waals surface area contributed by atoms with Crippen molar-refractivity contribution in [2.75, 3.05) is 6.54 Å². The van der Waals surface area contributed by atoms with Crippen molar-refractivity contribution < 1.29 is 8.78 Å². The molecule has 0 radical (unpaired) electrons. The van der Waals surface area contributed by atoms with E-state index in [1.807, 2.05) is 9.78 Å². The molecular formula is C13H11F2N3S. The lowest BCUT2D eigenvalue weighted by molar-refractivity contribution is 0.585. The molecule has 2 aromatic heterocycles. The summed E-state index contributed by atoms with van der Waals surface area (Å²) in [5.41, 5.74) is 7.39. The first-order valence-electron chi connectivity index (χ1n) is 5.80. The van der Waals surface area contributed by atoms with E-state index in [1.54, 1.807) is 6.20 Å². The van der Waals surface area contributed by atoms with Gasteiger partial charge in [-0.3, -0.25) is 4.40 Å². The second-order valence-corrected chi connectivity index (χ2v) is 5.01. The third-order valence-corrected chi connectivity index (χ3v) is 3.78. The zero-order valence-electron chi connectivity index (χ0n) is 9.94. The molecule has 0 aliphatic carbocycles. The lowest BCUT2D eigenvalue weighted by atomic mass is 10.1. The van der Waals surface area contributed by atoms with Crippen molar-refractivity contribution in [3.63, 3.8) is 0 Å². The van der Waals surface area contributed by atoms with E-state index in [1.165, 1.54) is 23.5 Å². The molecular weight excluding hydrogens is 268 g/mol. The van der Waals surface area contributed by atoms with Crippen molar-refractivity contribution in [1.82, 2.24) is 9.38 Å². The summed E-state index contributed by atoms with van der Waals surface area (Å²) in [7, 11) is 0. The summed E-state index contributed by atoms with van der Waals surface area (Å²) in [6.07, 6.45) is 2.49. The lowest BCUT2D eigenvalue weighted by Crippen LogP contribution is -2.04. The molecule has 0 spiro atoms. The van der Waals surface area contributed by atoms with E-state index in [0.29, 0.717) is 17.8 Å². The molecule has 0 aliphatic rings. The average Bonchev–Trinajstić information content (AvgIpc) is 2.91. The van der Waals surface area contributed by atoms with E-state index in [-0.39, 0.29) is 0 Å². The Morgan fingerprint density at radius 3 is 2.89 bits per heavy atom. The van der Waals surface area contributed by atoms with E-state index in [9.17, 15) is 8.78 Å². The van der Waals surface area contributed by atoms with Crippen molar-refractivity contribution in [1.29, 1.82) is 0 Å². The molecule has 2 heterocycles. The molecule has 19 heavy (non-hydrogen) atoms. The largest absolute Gasteiger partial charge is 0.330 e. The Bertz CT molecular complexity index is 733. The molecule has 0 saturated heterocycles. The fraction of sp³-hybridized carbons (Fsp3) is 0.154. The quantitative estimate of drug-likeness (QED) is 0.801. The highest BCUT2D eigenvalue weighted by molar-refractivity contribution is 7.15. The normalized spacial score (nSPS) is 11.3. The summed E-state index contributed by atoms with van der Waals surface area (Å²) in [5, 5.41) is 1.99. The van der Waals surface area contributed by atoms with Crippen LogP contribution >= 0.6 is 11.3 Å². The Kier molecular flexibility index (Phi) is 3.04.